The van der Waals surface area contributed by atoms with Crippen LogP contribution in [0.15, 0.2) is 215 Å². The average molecular weight is 1710 g/mol. The maximum atomic E-state index is 13.2. The molecule has 16 rings (SSSR count). The molecule has 24 nitrogen and oxygen atoms in total. The van der Waals surface area contributed by atoms with Gasteiger partial charge in [-0.3, -0.25) is 34.4 Å². The van der Waals surface area contributed by atoms with E-state index in [0.29, 0.717) is 91.7 Å². The fraction of sp³-hybridized carbons (Fsp3) is 0.337. The molecule has 634 valence electrons. The summed E-state index contributed by atoms with van der Waals surface area (Å²) in [7, 11) is -1.82. The molecule has 0 radical (unpaired) electrons. The van der Waals surface area contributed by atoms with Gasteiger partial charge in [0.25, 0.3) is 11.6 Å². The number of urea groups is 1. The van der Waals surface area contributed by atoms with Crippen LogP contribution in [-0.4, -0.2) is 152 Å². The van der Waals surface area contributed by atoms with Gasteiger partial charge < -0.3 is 44.4 Å². The van der Waals surface area contributed by atoms with Gasteiger partial charge in [0.2, 0.25) is 16.8 Å². The molecule has 4 aliphatic heterocycles. The predicted molar refractivity (Wildman–Crippen MR) is 479 cm³/mol. The third-order valence-corrected chi connectivity index (χ3v) is 26.5. The zero-order valence-electron chi connectivity index (χ0n) is 69.1. The summed E-state index contributed by atoms with van der Waals surface area (Å²) in [5.41, 5.74) is 12.8. The Labute approximate surface area is 720 Å². The lowest BCUT2D eigenvalue weighted by Crippen LogP contribution is -2.50. The second-order valence-electron chi connectivity index (χ2n) is 31.5. The monoisotopic (exact) mass is 1700 g/mol. The van der Waals surface area contributed by atoms with Crippen LogP contribution in [0.5, 0.6) is 17.2 Å². The topological polar surface area (TPSA) is 286 Å². The van der Waals surface area contributed by atoms with E-state index in [0.717, 1.165) is 147 Å². The van der Waals surface area contributed by atoms with E-state index in [2.05, 4.69) is 107 Å². The van der Waals surface area contributed by atoms with E-state index in [1.54, 1.807) is 76.5 Å². The number of aryl methyl sites for hydroxylation is 3. The molecule has 11 aromatic rings. The maximum Gasteiger partial charge on any atom is 0.417 e. The van der Waals surface area contributed by atoms with Crippen LogP contribution >= 0.6 is 23.1 Å². The first-order valence-electron chi connectivity index (χ1n) is 41.5. The number of anilines is 2. The summed E-state index contributed by atoms with van der Waals surface area (Å²) in [5.74, 6) is 3.27. The summed E-state index contributed by atoms with van der Waals surface area (Å²) in [4.78, 5) is 86.6. The van der Waals surface area contributed by atoms with Crippen molar-refractivity contribution in [2.75, 3.05) is 102 Å². The first-order chi connectivity index (χ1) is 59.1. The summed E-state index contributed by atoms with van der Waals surface area (Å²) >= 11 is 7.76. The maximum absolute atomic E-state index is 13.2. The fourth-order valence-electron chi connectivity index (χ4n) is 16.3. The molecule has 1 unspecified atom stereocenters. The minimum Gasteiger partial charge on any atom is -0.495 e. The number of fused-ring (bicyclic) bond motifs is 4. The van der Waals surface area contributed by atoms with Gasteiger partial charge in [0.05, 0.1) is 50.8 Å². The summed E-state index contributed by atoms with van der Waals surface area (Å²) in [6, 6.07) is 60.9. The molecule has 0 saturated carbocycles. The number of nitro groups is 1. The number of H-pyrrole nitrogens is 1. The molecule has 1 aliphatic carbocycles. The first kappa shape index (κ1) is 88.0. The Bertz CT molecular complexity index is 5770. The van der Waals surface area contributed by atoms with Crippen LogP contribution < -0.4 is 40.8 Å². The number of amides is 3. The van der Waals surface area contributed by atoms with Gasteiger partial charge in [-0.25, -0.2) is 27.2 Å². The second-order valence-corrected chi connectivity index (χ2v) is 34.8. The SMILES string of the molecule is CCCS(=O)(=O)N1CCC(CNC(=O)c2ccccc2Cl)(c2ccccc2)CC1.COc1ccc([N+](=O)[O-])cc1NC(=O)NC(C(=O)Cc1ccc(C)c(C)c1)c1ccccc1.O=C(CCN1CCC(Cc2ccc3c(c2)OCO3)CC1)Cc1ccc2[nH]c(=O)oc2c1.[C-]#[N+]C1=CCc2ccc(CCCN3CCN(c4nsc5ccccc45)CC3)cc21. The van der Waals surface area contributed by atoms with Gasteiger partial charge in [-0.1, -0.05) is 158 Å². The van der Waals surface area contributed by atoms with Crippen LogP contribution in [0, 0.1) is 36.5 Å². The van der Waals surface area contributed by atoms with Crippen LogP contribution in [0.2, 0.25) is 5.02 Å². The van der Waals surface area contributed by atoms with E-state index in [1.807, 2.05) is 81.4 Å². The van der Waals surface area contributed by atoms with Crippen molar-refractivity contribution in [2.24, 2.45) is 5.92 Å². The van der Waals surface area contributed by atoms with Crippen molar-refractivity contribution in [3.8, 4) is 17.2 Å². The number of nitrogens with one attached hydrogen (secondary N) is 4. The molecule has 3 fully saturated rings. The minimum absolute atomic E-state index is 0.123. The molecule has 6 heterocycles. The Kier molecular flexibility index (Phi) is 30.0. The number of aromatic nitrogens is 2. The number of nitrogens with zero attached hydrogens (tertiary/aromatic N) is 7. The van der Waals surface area contributed by atoms with Crippen molar-refractivity contribution < 1.29 is 51.1 Å². The number of ether oxygens (including phenoxy) is 3. The number of nitro benzene ring substituents is 1. The Balaban J connectivity index is 0.000000140. The zero-order chi connectivity index (χ0) is 85.7. The second kappa shape index (κ2) is 41.6. The number of likely N-dealkylation sites (tertiary alicyclic amines) is 1. The van der Waals surface area contributed by atoms with Gasteiger partial charge in [0.1, 0.15) is 23.4 Å². The van der Waals surface area contributed by atoms with Crippen LogP contribution in [-0.2, 0) is 57.1 Å². The number of aromatic amines is 1. The normalized spacial score (nSPS) is 15.3. The molecule has 1 atom stereocenters. The highest BCUT2D eigenvalue weighted by Crippen LogP contribution is 2.39. The summed E-state index contributed by atoms with van der Waals surface area (Å²) < 4.78 is 53.6. The molecule has 3 amide bonds. The fourth-order valence-corrected chi connectivity index (χ4v) is 18.8. The first-order valence-corrected chi connectivity index (χ1v) is 44.2. The van der Waals surface area contributed by atoms with Gasteiger partial charge in [0, 0.05) is 94.6 Å². The van der Waals surface area contributed by atoms with E-state index >= 15 is 0 Å². The van der Waals surface area contributed by atoms with Crippen LogP contribution in [0.25, 0.3) is 31.7 Å². The predicted octanol–water partition coefficient (Wildman–Crippen LogP) is 16.9. The number of hydrogen-bond donors (Lipinski definition) is 4. The van der Waals surface area contributed by atoms with Gasteiger partial charge in [-0.15, -0.1) is 0 Å². The molecular weight excluding hydrogens is 1600 g/mol. The Morgan fingerprint density at radius 2 is 1.45 bits per heavy atom. The lowest BCUT2D eigenvalue weighted by atomic mass is 9.73. The van der Waals surface area contributed by atoms with Crippen LogP contribution in [0.3, 0.4) is 0 Å². The largest absolute Gasteiger partial charge is 0.495 e. The number of carbonyl (C=O) groups is 4. The van der Waals surface area contributed by atoms with Crippen molar-refractivity contribution in [1.82, 2.24) is 34.1 Å². The molecule has 0 spiro atoms. The van der Waals surface area contributed by atoms with Crippen molar-refractivity contribution in [3.63, 3.8) is 0 Å². The number of hydrogen-bond acceptors (Lipinski definition) is 18. The minimum atomic E-state index is -3.22. The molecular formula is C95H102ClN11O13S2. The number of sulfonamides is 1. The number of piperazine rings is 1. The molecule has 4 N–H and O–H groups in total. The number of halogens is 1. The van der Waals surface area contributed by atoms with Crippen molar-refractivity contribution in [3.05, 3.63) is 305 Å². The summed E-state index contributed by atoms with van der Waals surface area (Å²) in [6.45, 7) is 23.1. The number of rotatable bonds is 27. The number of benzene rings is 9. The van der Waals surface area contributed by atoms with Crippen molar-refractivity contribution in [1.29, 1.82) is 0 Å². The third kappa shape index (κ3) is 23.0. The lowest BCUT2D eigenvalue weighted by Gasteiger charge is -2.42. The highest BCUT2D eigenvalue weighted by atomic mass is 35.5. The molecule has 27 heteroatoms. The number of methoxy groups -OCH3 is 1. The van der Waals surface area contributed by atoms with Crippen molar-refractivity contribution >= 4 is 101 Å². The average Bonchev–Trinajstić information content (AvgIpc) is 1.05. The van der Waals surface area contributed by atoms with Crippen LogP contribution in [0.1, 0.15) is 124 Å². The molecule has 2 aromatic heterocycles. The number of piperidine rings is 2. The third-order valence-electron chi connectivity index (χ3n) is 23.3. The van der Waals surface area contributed by atoms with Crippen molar-refractivity contribution in [2.45, 2.75) is 109 Å². The molecule has 9 aromatic carbocycles. The number of carbonyl (C=O) groups excluding carboxylic acids is 4. The highest BCUT2D eigenvalue weighted by Gasteiger charge is 2.40. The number of Topliss-reactive ketones (excluding diaryl/α,β-unsaturated/α-hetero) is 2. The van der Waals surface area contributed by atoms with E-state index in [9.17, 15) is 42.5 Å². The zero-order valence-corrected chi connectivity index (χ0v) is 71.5. The highest BCUT2D eigenvalue weighted by molar-refractivity contribution is 7.89. The van der Waals surface area contributed by atoms with E-state index in [4.69, 9.17) is 41.2 Å². The molecule has 0 bridgehead atoms. The summed E-state index contributed by atoms with van der Waals surface area (Å²) in [5, 5.41) is 21.1. The number of oxazole rings is 1. The van der Waals surface area contributed by atoms with E-state index in [-0.39, 0.29) is 52.2 Å². The van der Waals surface area contributed by atoms with Gasteiger partial charge in [0.15, 0.2) is 28.6 Å². The number of allylic oxidation sites excluding steroid dienone is 1. The van der Waals surface area contributed by atoms with Gasteiger partial charge >= 0.3 is 11.8 Å². The van der Waals surface area contributed by atoms with Crippen LogP contribution in [0.4, 0.5) is 22.0 Å². The molecule has 3 saturated heterocycles. The Morgan fingerprint density at radius 3 is 2.19 bits per heavy atom. The van der Waals surface area contributed by atoms with E-state index < -0.39 is 32.8 Å². The number of ketones is 2. The smallest absolute Gasteiger partial charge is 0.417 e. The van der Waals surface area contributed by atoms with E-state index in [1.165, 1.54) is 52.1 Å². The number of non-ortho nitro benzene ring substituents is 1. The summed E-state index contributed by atoms with van der Waals surface area (Å²) in [6.07, 6.45) is 11.5. The molecule has 122 heavy (non-hydrogen) atoms. The quantitative estimate of drug-likeness (QED) is 0.0211. The van der Waals surface area contributed by atoms with Gasteiger partial charge in [-0.2, -0.15) is 4.37 Å². The standard InChI is InChI=1S/C25H25N3O5.C24H24N4S.C24H26N2O5.C22H27ClN2O3S/c1-16-9-10-18(13-17(16)2)14-22(29)24(19-7-5-4-6-8-19)27-25(30)26-21-15-20(28(31)32)11-12-23(21)33-3;1-25-22-11-10-19-9-8-18(17-21(19)22)5-4-12-27-13-15-28(16-14-27)24-20-6-2-3-7-23(20)29-26-24;27-19(12-18-1-3-20-22(13-18)31-24(28)25-20)7-10-26-8-5-16(6-9-26)11-17-2-4-21-23(14-17)30-15-29-21;1-2-16-29(27,28)25-14-12-22(13-15-25,18-8-4-3-5-9-18)17-24-21(26)19-10-6-7-11-20(19)23/h4-13,15,24H,14H2,1-3H3,(H2,26,27,30);2-3,6-9,11,17H,4-5,10,12-16H2;1-4,13-14,16H,5-12,15H2,(H,25,28);3-11H,2,12-17H2,1H3,(H,24,26). The lowest BCUT2D eigenvalue weighted by molar-refractivity contribution is -0.384. The molecule has 5 aliphatic rings. The Hall–Kier alpha value is -11.8. The Morgan fingerprint density at radius 1 is 0.754 bits per heavy atom. The van der Waals surface area contributed by atoms with Gasteiger partial charge in [-0.05, 0) is 219 Å².